The molecule has 1 aromatic heterocycles. The molecule has 0 radical (unpaired) electrons. The number of nitrogens with zero attached hydrogens (tertiary/aromatic N) is 3. The van der Waals surface area contributed by atoms with Crippen molar-refractivity contribution in [2.24, 2.45) is 0 Å². The monoisotopic (exact) mass is 519 g/mol. The molecule has 0 bridgehead atoms. The number of hydrogen-bond donors (Lipinski definition) is 2. The standard InChI is InChI=1S/C23H30BrN5O4/c1-6-32-20-17(19(30)27-14(2)12-26-22(31)33-23(3,4)5)13-25-21(28-20)29-10-9-15-11-16(24)7-8-18(15)29/h7-8,11,13-14H,6,9-10,12H2,1-5H3,(H,26,31)(H,27,30). The van der Waals surface area contributed by atoms with Crippen molar-refractivity contribution >= 4 is 39.6 Å². The Morgan fingerprint density at radius 1 is 1.30 bits per heavy atom. The molecular formula is C23H30BrN5O4. The van der Waals surface area contributed by atoms with Crippen LogP contribution in [-0.2, 0) is 11.2 Å². The first kappa shape index (κ1) is 24.8. The molecule has 2 aromatic rings. The maximum Gasteiger partial charge on any atom is 0.407 e. The third-order valence-corrected chi connectivity index (χ3v) is 5.27. The van der Waals surface area contributed by atoms with Crippen molar-refractivity contribution in [3.8, 4) is 5.88 Å². The molecule has 0 spiro atoms. The van der Waals surface area contributed by atoms with E-state index in [-0.39, 0.29) is 29.9 Å². The SMILES string of the molecule is CCOc1nc(N2CCc3cc(Br)ccc32)ncc1C(=O)NC(C)CNC(=O)OC(C)(C)C. The summed E-state index contributed by atoms with van der Waals surface area (Å²) >= 11 is 3.51. The third-order valence-electron chi connectivity index (χ3n) is 4.77. The third kappa shape index (κ3) is 6.56. The number of carbonyl (C=O) groups excluding carboxylic acids is 2. The van der Waals surface area contributed by atoms with Gasteiger partial charge in [-0.05, 0) is 64.8 Å². The molecule has 1 aliphatic rings. The Morgan fingerprint density at radius 3 is 2.76 bits per heavy atom. The molecule has 33 heavy (non-hydrogen) atoms. The summed E-state index contributed by atoms with van der Waals surface area (Å²) in [6, 6.07) is 5.75. The van der Waals surface area contributed by atoms with Gasteiger partial charge in [0.25, 0.3) is 5.91 Å². The molecule has 1 unspecified atom stereocenters. The summed E-state index contributed by atoms with van der Waals surface area (Å²) in [5.74, 6) is 0.322. The minimum Gasteiger partial charge on any atom is -0.477 e. The Labute approximate surface area is 202 Å². The van der Waals surface area contributed by atoms with Crippen LogP contribution >= 0.6 is 15.9 Å². The Balaban J connectivity index is 1.69. The molecule has 9 nitrogen and oxygen atoms in total. The largest absolute Gasteiger partial charge is 0.477 e. The molecule has 0 fully saturated rings. The van der Waals surface area contributed by atoms with Crippen LogP contribution in [0.4, 0.5) is 16.4 Å². The number of aromatic nitrogens is 2. The van der Waals surface area contributed by atoms with Crippen LogP contribution in [-0.4, -0.2) is 53.3 Å². The summed E-state index contributed by atoms with van der Waals surface area (Å²) in [4.78, 5) is 35.7. The molecule has 0 aliphatic carbocycles. The number of benzene rings is 1. The number of rotatable bonds is 7. The van der Waals surface area contributed by atoms with Crippen molar-refractivity contribution in [3.05, 3.63) is 40.0 Å². The normalized spacial score (nSPS) is 13.8. The number of amides is 2. The van der Waals surface area contributed by atoms with Crippen LogP contribution in [0.5, 0.6) is 5.88 Å². The number of halogens is 1. The first-order chi connectivity index (χ1) is 15.6. The van der Waals surface area contributed by atoms with E-state index in [2.05, 4.69) is 42.6 Å². The van der Waals surface area contributed by atoms with Crippen molar-refractivity contribution in [1.29, 1.82) is 0 Å². The van der Waals surface area contributed by atoms with Gasteiger partial charge < -0.3 is 25.0 Å². The maximum atomic E-state index is 12.9. The zero-order valence-corrected chi connectivity index (χ0v) is 21.2. The van der Waals surface area contributed by atoms with E-state index in [9.17, 15) is 9.59 Å². The predicted octanol–water partition coefficient (Wildman–Crippen LogP) is 3.98. The van der Waals surface area contributed by atoms with E-state index in [1.165, 1.54) is 11.8 Å². The summed E-state index contributed by atoms with van der Waals surface area (Å²) in [5.41, 5.74) is 1.90. The summed E-state index contributed by atoms with van der Waals surface area (Å²) in [6.07, 6.45) is 1.82. The zero-order chi connectivity index (χ0) is 24.2. The molecule has 10 heteroatoms. The summed E-state index contributed by atoms with van der Waals surface area (Å²) < 4.78 is 11.9. The van der Waals surface area contributed by atoms with Gasteiger partial charge in [-0.25, -0.2) is 9.78 Å². The molecular weight excluding hydrogens is 490 g/mol. The number of ether oxygens (including phenoxy) is 2. The highest BCUT2D eigenvalue weighted by molar-refractivity contribution is 9.10. The second-order valence-electron chi connectivity index (χ2n) is 8.75. The topological polar surface area (TPSA) is 106 Å². The smallest absolute Gasteiger partial charge is 0.407 e. The Kier molecular flexibility index (Phi) is 7.78. The molecule has 1 aromatic carbocycles. The van der Waals surface area contributed by atoms with Gasteiger partial charge in [0.05, 0.1) is 6.61 Å². The number of fused-ring (bicyclic) bond motifs is 1. The molecule has 0 saturated heterocycles. The van der Waals surface area contributed by atoms with Crippen LogP contribution in [0.25, 0.3) is 0 Å². The molecule has 0 saturated carbocycles. The zero-order valence-electron chi connectivity index (χ0n) is 19.6. The lowest BCUT2D eigenvalue weighted by Crippen LogP contribution is -2.43. The highest BCUT2D eigenvalue weighted by Gasteiger charge is 2.25. The quantitative estimate of drug-likeness (QED) is 0.569. The predicted molar refractivity (Wildman–Crippen MR) is 129 cm³/mol. The Bertz CT molecular complexity index is 1020. The number of hydrogen-bond acceptors (Lipinski definition) is 7. The highest BCUT2D eigenvalue weighted by atomic mass is 79.9. The van der Waals surface area contributed by atoms with Crippen LogP contribution in [0, 0.1) is 0 Å². The van der Waals surface area contributed by atoms with E-state index >= 15 is 0 Å². The van der Waals surface area contributed by atoms with Gasteiger partial charge in [0, 0.05) is 35.5 Å². The van der Waals surface area contributed by atoms with E-state index < -0.39 is 11.7 Å². The minimum absolute atomic E-state index is 0.212. The van der Waals surface area contributed by atoms with Crippen LogP contribution in [0.3, 0.4) is 0 Å². The van der Waals surface area contributed by atoms with E-state index in [0.717, 1.165) is 23.1 Å². The van der Waals surface area contributed by atoms with Crippen molar-refractivity contribution < 1.29 is 19.1 Å². The Hall–Kier alpha value is -2.88. The molecule has 1 atom stereocenters. The number of alkyl carbamates (subject to hydrolysis) is 1. The first-order valence-corrected chi connectivity index (χ1v) is 11.7. The van der Waals surface area contributed by atoms with Gasteiger partial charge in [-0.15, -0.1) is 0 Å². The van der Waals surface area contributed by atoms with Gasteiger partial charge in [0.1, 0.15) is 11.2 Å². The lowest BCUT2D eigenvalue weighted by molar-refractivity contribution is 0.0521. The highest BCUT2D eigenvalue weighted by Crippen LogP contribution is 2.35. The van der Waals surface area contributed by atoms with Gasteiger partial charge in [-0.3, -0.25) is 4.79 Å². The van der Waals surface area contributed by atoms with Gasteiger partial charge in [0.15, 0.2) is 0 Å². The van der Waals surface area contributed by atoms with Gasteiger partial charge >= 0.3 is 6.09 Å². The number of carbonyl (C=O) groups is 2. The fraction of sp³-hybridized carbons (Fsp3) is 0.478. The molecule has 178 valence electrons. The van der Waals surface area contributed by atoms with E-state index in [0.29, 0.717) is 12.6 Å². The molecule has 3 rings (SSSR count). The van der Waals surface area contributed by atoms with Crippen molar-refractivity contribution in [2.45, 2.75) is 52.7 Å². The van der Waals surface area contributed by atoms with Crippen LogP contribution in [0.1, 0.15) is 50.5 Å². The van der Waals surface area contributed by atoms with Crippen LogP contribution in [0.15, 0.2) is 28.9 Å². The van der Waals surface area contributed by atoms with Gasteiger partial charge in [0.2, 0.25) is 11.8 Å². The van der Waals surface area contributed by atoms with Crippen molar-refractivity contribution in [2.75, 3.05) is 24.6 Å². The number of nitrogens with one attached hydrogen (secondary N) is 2. The fourth-order valence-corrected chi connectivity index (χ4v) is 3.78. The second-order valence-corrected chi connectivity index (χ2v) is 9.67. The average molecular weight is 520 g/mol. The van der Waals surface area contributed by atoms with Gasteiger partial charge in [-0.1, -0.05) is 15.9 Å². The van der Waals surface area contributed by atoms with Crippen LogP contribution < -0.4 is 20.3 Å². The minimum atomic E-state index is -0.589. The molecule has 1 aliphatic heterocycles. The van der Waals surface area contributed by atoms with E-state index in [4.69, 9.17) is 9.47 Å². The molecule has 2 heterocycles. The fourth-order valence-electron chi connectivity index (χ4n) is 3.37. The Morgan fingerprint density at radius 2 is 2.06 bits per heavy atom. The average Bonchev–Trinajstić information content (AvgIpc) is 3.14. The number of anilines is 2. The molecule has 2 N–H and O–H groups in total. The first-order valence-electron chi connectivity index (χ1n) is 10.9. The lowest BCUT2D eigenvalue weighted by atomic mass is 10.2. The lowest BCUT2D eigenvalue weighted by Gasteiger charge is -2.21. The van der Waals surface area contributed by atoms with Crippen molar-refractivity contribution in [3.63, 3.8) is 0 Å². The second kappa shape index (κ2) is 10.4. The van der Waals surface area contributed by atoms with E-state index in [1.54, 1.807) is 27.7 Å². The summed E-state index contributed by atoms with van der Waals surface area (Å²) in [6.45, 7) is 10.3. The van der Waals surface area contributed by atoms with Crippen LogP contribution in [0.2, 0.25) is 0 Å². The van der Waals surface area contributed by atoms with Crippen molar-refractivity contribution in [1.82, 2.24) is 20.6 Å². The maximum absolute atomic E-state index is 12.9. The molecule has 2 amide bonds. The van der Waals surface area contributed by atoms with E-state index in [1.807, 2.05) is 24.0 Å². The summed E-state index contributed by atoms with van der Waals surface area (Å²) in [7, 11) is 0. The summed E-state index contributed by atoms with van der Waals surface area (Å²) in [5, 5.41) is 5.48. The van der Waals surface area contributed by atoms with Gasteiger partial charge in [-0.2, -0.15) is 4.98 Å².